The van der Waals surface area contributed by atoms with E-state index in [1.807, 2.05) is 5.01 Å². The normalized spacial score (nSPS) is 16.1. The zero-order valence-corrected chi connectivity index (χ0v) is 11.1. The van der Waals surface area contributed by atoms with Gasteiger partial charge in [-0.05, 0) is 6.42 Å². The van der Waals surface area contributed by atoms with E-state index in [1.54, 1.807) is 6.20 Å². The second-order valence-electron chi connectivity index (χ2n) is 4.25. The van der Waals surface area contributed by atoms with Gasteiger partial charge < -0.3 is 10.1 Å². The second kappa shape index (κ2) is 7.01. The van der Waals surface area contributed by atoms with Crippen molar-refractivity contribution < 1.29 is 9.53 Å². The van der Waals surface area contributed by atoms with E-state index in [2.05, 4.69) is 27.6 Å². The summed E-state index contributed by atoms with van der Waals surface area (Å²) in [6.07, 6.45) is 4.07. The Hall–Kier alpha value is -1.73. The number of carbonyl (C=O) groups is 1. The predicted molar refractivity (Wildman–Crippen MR) is 70.7 cm³/mol. The molecule has 0 radical (unpaired) electrons. The lowest BCUT2D eigenvalue weighted by atomic mass is 10.4. The van der Waals surface area contributed by atoms with Crippen LogP contribution in [0.15, 0.2) is 12.4 Å². The Kier molecular flexibility index (Phi) is 5.05. The molecule has 0 spiro atoms. The third kappa shape index (κ3) is 4.15. The summed E-state index contributed by atoms with van der Waals surface area (Å²) in [7, 11) is 0. The summed E-state index contributed by atoms with van der Waals surface area (Å²) in [5.41, 5.74) is 3.10. The lowest BCUT2D eigenvalue weighted by Crippen LogP contribution is -2.48. The molecule has 1 amide bonds. The number of nitrogens with one attached hydrogen (secondary N) is 2. The zero-order chi connectivity index (χ0) is 13.5. The van der Waals surface area contributed by atoms with E-state index in [9.17, 15) is 4.79 Å². The number of nitrogens with zero attached hydrogens (tertiary/aromatic N) is 3. The molecule has 7 nitrogen and oxygen atoms in total. The fourth-order valence-electron chi connectivity index (χ4n) is 1.67. The highest BCUT2D eigenvalue weighted by atomic mass is 16.5. The summed E-state index contributed by atoms with van der Waals surface area (Å²) >= 11 is 0. The standard InChI is InChI=1S/C12H19N5O2/c1-2-3-13-11-9-14-10(8-15-11)12(18)16-17-4-6-19-7-5-17/h8-9H,2-7H2,1H3,(H,13,15)(H,16,18). The van der Waals surface area contributed by atoms with Gasteiger partial charge in [-0.25, -0.2) is 15.0 Å². The quantitative estimate of drug-likeness (QED) is 0.796. The van der Waals surface area contributed by atoms with Gasteiger partial charge in [0.15, 0.2) is 0 Å². The minimum atomic E-state index is -0.239. The van der Waals surface area contributed by atoms with Gasteiger partial charge in [0.2, 0.25) is 0 Å². The predicted octanol–water partition coefficient (Wildman–Crippen LogP) is 0.276. The number of morpholine rings is 1. The van der Waals surface area contributed by atoms with Crippen LogP contribution in [0.5, 0.6) is 0 Å². The highest BCUT2D eigenvalue weighted by molar-refractivity contribution is 5.91. The van der Waals surface area contributed by atoms with Gasteiger partial charge in [0.05, 0.1) is 25.6 Å². The number of aromatic nitrogens is 2. The number of hydrogen-bond acceptors (Lipinski definition) is 6. The van der Waals surface area contributed by atoms with Crippen LogP contribution in [0, 0.1) is 0 Å². The maximum absolute atomic E-state index is 11.9. The van der Waals surface area contributed by atoms with Gasteiger partial charge in [-0.1, -0.05) is 6.92 Å². The number of anilines is 1. The fraction of sp³-hybridized carbons (Fsp3) is 0.583. The topological polar surface area (TPSA) is 79.4 Å². The van der Waals surface area contributed by atoms with Crippen LogP contribution in [0.4, 0.5) is 5.82 Å². The molecule has 1 fully saturated rings. The Balaban J connectivity index is 1.87. The Morgan fingerprint density at radius 1 is 1.37 bits per heavy atom. The van der Waals surface area contributed by atoms with Crippen molar-refractivity contribution in [3.8, 4) is 0 Å². The monoisotopic (exact) mass is 265 g/mol. The Morgan fingerprint density at radius 2 is 2.16 bits per heavy atom. The molecule has 2 rings (SSSR count). The molecule has 1 aliphatic rings. The summed E-state index contributed by atoms with van der Waals surface area (Å²) in [6.45, 7) is 5.56. The molecule has 1 aliphatic heterocycles. The van der Waals surface area contributed by atoms with Crippen LogP contribution in [0.1, 0.15) is 23.8 Å². The maximum atomic E-state index is 11.9. The van der Waals surface area contributed by atoms with Crippen molar-refractivity contribution in [2.45, 2.75) is 13.3 Å². The molecule has 2 heterocycles. The molecule has 0 atom stereocenters. The SMILES string of the molecule is CCCNc1cnc(C(=O)NN2CCOCC2)cn1. The number of hydrazine groups is 1. The molecule has 2 N–H and O–H groups in total. The van der Waals surface area contributed by atoms with Crippen LogP contribution in [0.3, 0.4) is 0 Å². The average molecular weight is 265 g/mol. The molecule has 7 heteroatoms. The fourth-order valence-corrected chi connectivity index (χ4v) is 1.67. The smallest absolute Gasteiger partial charge is 0.285 e. The largest absolute Gasteiger partial charge is 0.379 e. The molecular weight excluding hydrogens is 246 g/mol. The first kappa shape index (κ1) is 13.7. The van der Waals surface area contributed by atoms with Crippen LogP contribution in [0.2, 0.25) is 0 Å². The van der Waals surface area contributed by atoms with Crippen molar-refractivity contribution in [3.05, 3.63) is 18.1 Å². The first-order valence-corrected chi connectivity index (χ1v) is 6.49. The molecule has 0 aromatic carbocycles. The van der Waals surface area contributed by atoms with Crippen molar-refractivity contribution in [1.82, 2.24) is 20.4 Å². The molecule has 19 heavy (non-hydrogen) atoms. The van der Waals surface area contributed by atoms with Crippen LogP contribution >= 0.6 is 0 Å². The van der Waals surface area contributed by atoms with E-state index in [0.717, 1.165) is 13.0 Å². The van der Waals surface area contributed by atoms with Crippen molar-refractivity contribution in [1.29, 1.82) is 0 Å². The molecule has 104 valence electrons. The van der Waals surface area contributed by atoms with E-state index in [0.29, 0.717) is 37.8 Å². The highest BCUT2D eigenvalue weighted by Crippen LogP contribution is 2.02. The number of hydrogen-bond donors (Lipinski definition) is 2. The maximum Gasteiger partial charge on any atom is 0.285 e. The summed E-state index contributed by atoms with van der Waals surface area (Å²) in [4.78, 5) is 20.2. The number of rotatable bonds is 5. The minimum Gasteiger partial charge on any atom is -0.379 e. The Bertz CT molecular complexity index is 403. The minimum absolute atomic E-state index is 0.239. The van der Waals surface area contributed by atoms with Crippen LogP contribution in [0.25, 0.3) is 0 Å². The Labute approximate surface area is 112 Å². The van der Waals surface area contributed by atoms with Crippen LogP contribution in [-0.4, -0.2) is 53.7 Å². The van der Waals surface area contributed by atoms with Gasteiger partial charge in [-0.2, -0.15) is 0 Å². The van der Waals surface area contributed by atoms with E-state index < -0.39 is 0 Å². The molecule has 0 unspecified atom stereocenters. The number of ether oxygens (including phenoxy) is 1. The lowest BCUT2D eigenvalue weighted by Gasteiger charge is -2.26. The molecule has 1 saturated heterocycles. The van der Waals surface area contributed by atoms with Gasteiger partial charge >= 0.3 is 0 Å². The number of carbonyl (C=O) groups excluding carboxylic acids is 1. The average Bonchev–Trinajstić information content (AvgIpc) is 2.46. The van der Waals surface area contributed by atoms with E-state index in [-0.39, 0.29) is 5.91 Å². The van der Waals surface area contributed by atoms with Gasteiger partial charge in [-0.3, -0.25) is 10.2 Å². The van der Waals surface area contributed by atoms with Gasteiger partial charge in [-0.15, -0.1) is 0 Å². The van der Waals surface area contributed by atoms with Crippen molar-refractivity contribution in [2.24, 2.45) is 0 Å². The lowest BCUT2D eigenvalue weighted by molar-refractivity contribution is 0.0124. The van der Waals surface area contributed by atoms with Crippen LogP contribution in [-0.2, 0) is 4.74 Å². The van der Waals surface area contributed by atoms with Gasteiger partial charge in [0, 0.05) is 19.6 Å². The van der Waals surface area contributed by atoms with Crippen molar-refractivity contribution in [2.75, 3.05) is 38.2 Å². The molecule has 0 saturated carbocycles. The third-order valence-corrected chi connectivity index (χ3v) is 2.71. The van der Waals surface area contributed by atoms with Gasteiger partial charge in [0.1, 0.15) is 11.5 Å². The van der Waals surface area contributed by atoms with Crippen molar-refractivity contribution >= 4 is 11.7 Å². The van der Waals surface area contributed by atoms with Crippen molar-refractivity contribution in [3.63, 3.8) is 0 Å². The summed E-state index contributed by atoms with van der Waals surface area (Å²) in [5, 5.41) is 4.94. The van der Waals surface area contributed by atoms with Crippen LogP contribution < -0.4 is 10.7 Å². The van der Waals surface area contributed by atoms with E-state index in [4.69, 9.17) is 4.74 Å². The third-order valence-electron chi connectivity index (χ3n) is 2.71. The van der Waals surface area contributed by atoms with E-state index >= 15 is 0 Å². The molecule has 0 bridgehead atoms. The number of amides is 1. The second-order valence-corrected chi connectivity index (χ2v) is 4.25. The molecule has 0 aliphatic carbocycles. The summed E-state index contributed by atoms with van der Waals surface area (Å²) < 4.78 is 5.21. The molecule has 1 aromatic rings. The molecule has 1 aromatic heterocycles. The highest BCUT2D eigenvalue weighted by Gasteiger charge is 2.15. The van der Waals surface area contributed by atoms with Gasteiger partial charge in [0.25, 0.3) is 5.91 Å². The molecular formula is C12H19N5O2. The summed E-state index contributed by atoms with van der Waals surface area (Å²) in [6, 6.07) is 0. The Morgan fingerprint density at radius 3 is 2.79 bits per heavy atom. The zero-order valence-electron chi connectivity index (χ0n) is 11.1. The first-order chi connectivity index (χ1) is 9.29. The van der Waals surface area contributed by atoms with E-state index in [1.165, 1.54) is 6.20 Å². The summed E-state index contributed by atoms with van der Waals surface area (Å²) in [5.74, 6) is 0.446. The first-order valence-electron chi connectivity index (χ1n) is 6.49.